The lowest BCUT2D eigenvalue weighted by Crippen LogP contribution is -2.47. The Balaban J connectivity index is 4.70. The maximum absolute atomic E-state index is 12.3. The molecule has 0 saturated carbocycles. The Morgan fingerprint density at radius 1 is 0.657 bits per heavy atom. The van der Waals surface area contributed by atoms with Crippen LogP contribution in [0.4, 0.5) is 0 Å². The summed E-state index contributed by atoms with van der Waals surface area (Å²) in [7, 11) is 12.4. The van der Waals surface area contributed by atoms with E-state index in [1.807, 2.05) is 0 Å². The van der Waals surface area contributed by atoms with Crippen LogP contribution in [0.3, 0.4) is 0 Å². The van der Waals surface area contributed by atoms with Crippen LogP contribution in [0.2, 0.25) is 12.6 Å². The van der Waals surface area contributed by atoms with Gasteiger partial charge in [-0.1, -0.05) is 6.92 Å². The molecule has 0 unspecified atom stereocenters. The van der Waals surface area contributed by atoms with Crippen molar-refractivity contribution >= 4 is 51.0 Å². The van der Waals surface area contributed by atoms with Crippen molar-refractivity contribution in [3.63, 3.8) is 0 Å². The molecule has 35 heavy (non-hydrogen) atoms. The molecule has 0 aliphatic carbocycles. The molecule has 0 aliphatic rings. The van der Waals surface area contributed by atoms with Gasteiger partial charge in [-0.25, -0.2) is 0 Å². The van der Waals surface area contributed by atoms with E-state index < -0.39 is 17.7 Å². The number of nitrogens with one attached hydrogen (secondary N) is 3. The van der Waals surface area contributed by atoms with Crippen LogP contribution >= 0.6 is 0 Å². The van der Waals surface area contributed by atoms with E-state index in [0.717, 1.165) is 0 Å². The zero-order chi connectivity index (χ0) is 26.8. The van der Waals surface area contributed by atoms with Crippen molar-refractivity contribution in [1.29, 1.82) is 0 Å². The van der Waals surface area contributed by atoms with Gasteiger partial charge < -0.3 is 30.7 Å². The summed E-state index contributed by atoms with van der Waals surface area (Å²) in [5.74, 6) is -2.12. The van der Waals surface area contributed by atoms with Crippen molar-refractivity contribution in [2.75, 3.05) is 66.0 Å². The molecule has 3 N–H and O–H groups in total. The number of ketones is 1. The largest absolute Gasteiger partial charge is 0.353 e. The normalized spacial score (nSPS) is 10.3. The standard InChI is InChI=1S/C21H36B2N6O6/c1-4-19(33)28(10-7-26-18(32)15-29(8-5-24-3)21(35)12-23)14-17(31)25-6-9-27(13-16(2)30)20(34)11-22/h24H,4-15H2,1-3H3,(H,25,31)(H,26,32). The van der Waals surface area contributed by atoms with Crippen LogP contribution in [0.15, 0.2) is 0 Å². The Bertz CT molecular complexity index is 739. The first-order chi connectivity index (χ1) is 16.6. The molecule has 0 aliphatic heterocycles. The maximum Gasteiger partial charge on any atom is 0.239 e. The minimum Gasteiger partial charge on any atom is -0.353 e. The number of amides is 5. The molecule has 0 saturated heterocycles. The highest BCUT2D eigenvalue weighted by Crippen LogP contribution is 1.97. The monoisotopic (exact) mass is 490 g/mol. The van der Waals surface area contributed by atoms with Gasteiger partial charge in [0.05, 0.1) is 35.3 Å². The van der Waals surface area contributed by atoms with Gasteiger partial charge in [0.1, 0.15) is 5.78 Å². The molecule has 0 rings (SSSR count). The van der Waals surface area contributed by atoms with E-state index in [1.54, 1.807) is 14.0 Å². The van der Waals surface area contributed by atoms with Crippen LogP contribution in [0.1, 0.15) is 20.3 Å². The molecule has 14 heteroatoms. The zero-order valence-electron chi connectivity index (χ0n) is 20.9. The fourth-order valence-corrected chi connectivity index (χ4v) is 2.99. The van der Waals surface area contributed by atoms with Crippen molar-refractivity contribution in [2.24, 2.45) is 0 Å². The summed E-state index contributed by atoms with van der Waals surface area (Å²) in [6, 6.07) is 0. The number of Topliss-reactive ketones (excluding diaryl/α,β-unsaturated/α-hetero) is 1. The lowest BCUT2D eigenvalue weighted by molar-refractivity contribution is -0.136. The summed E-state index contributed by atoms with van der Waals surface area (Å²) in [5, 5.41) is 8.14. The summed E-state index contributed by atoms with van der Waals surface area (Å²) >= 11 is 0. The molecule has 0 aromatic rings. The lowest BCUT2D eigenvalue weighted by atomic mass is 10.0. The summed E-state index contributed by atoms with van der Waals surface area (Å²) in [6.07, 6.45) is -0.293. The first-order valence-electron chi connectivity index (χ1n) is 11.5. The zero-order valence-corrected chi connectivity index (χ0v) is 20.9. The second kappa shape index (κ2) is 18.4. The van der Waals surface area contributed by atoms with Gasteiger partial charge in [0.2, 0.25) is 29.5 Å². The SMILES string of the molecule is [B]CC(=O)N(CCNC(=O)CN(CCNC(=O)CN(CCNC)C(=O)C[B])C(=O)CC)CC(C)=O. The third kappa shape index (κ3) is 14.2. The van der Waals surface area contributed by atoms with Gasteiger partial charge in [-0.3, -0.25) is 28.8 Å². The lowest BCUT2D eigenvalue weighted by Gasteiger charge is -2.24. The first kappa shape index (κ1) is 32.1. The van der Waals surface area contributed by atoms with Crippen LogP contribution in [-0.4, -0.2) is 132 Å². The molecule has 0 heterocycles. The summed E-state index contributed by atoms with van der Waals surface area (Å²) < 4.78 is 0. The topological polar surface area (TPSA) is 148 Å². The number of hydrogen-bond acceptors (Lipinski definition) is 7. The van der Waals surface area contributed by atoms with Gasteiger partial charge in [-0.05, 0) is 26.6 Å². The molecule has 0 aromatic carbocycles. The molecular formula is C21H36B2N6O6. The quantitative estimate of drug-likeness (QED) is 0.175. The van der Waals surface area contributed by atoms with E-state index in [9.17, 15) is 28.8 Å². The van der Waals surface area contributed by atoms with Gasteiger partial charge in [0.25, 0.3) is 0 Å². The van der Waals surface area contributed by atoms with Gasteiger partial charge >= 0.3 is 0 Å². The highest BCUT2D eigenvalue weighted by molar-refractivity contribution is 6.20. The number of rotatable bonds is 18. The minimum absolute atomic E-state index is 0.0837. The van der Waals surface area contributed by atoms with Crippen LogP contribution < -0.4 is 16.0 Å². The van der Waals surface area contributed by atoms with Crippen molar-refractivity contribution in [2.45, 2.75) is 32.9 Å². The Kier molecular flexibility index (Phi) is 16.9. The van der Waals surface area contributed by atoms with E-state index in [2.05, 4.69) is 16.0 Å². The molecule has 0 atom stereocenters. The summed E-state index contributed by atoms with van der Waals surface area (Å²) in [6.45, 7) is 3.68. The Morgan fingerprint density at radius 2 is 1.06 bits per heavy atom. The van der Waals surface area contributed by atoms with Crippen LogP contribution in [-0.2, 0) is 28.8 Å². The number of likely N-dealkylation sites (N-methyl/N-ethyl adjacent to an activating group) is 1. The Labute approximate surface area is 209 Å². The molecular weight excluding hydrogens is 454 g/mol. The van der Waals surface area contributed by atoms with Gasteiger partial charge in [0, 0.05) is 45.7 Å². The van der Waals surface area contributed by atoms with E-state index in [0.29, 0.717) is 13.1 Å². The molecule has 0 aromatic heterocycles. The molecule has 0 bridgehead atoms. The fraction of sp³-hybridized carbons (Fsp3) is 0.714. The molecule has 12 nitrogen and oxygen atoms in total. The van der Waals surface area contributed by atoms with E-state index in [4.69, 9.17) is 15.7 Å². The highest BCUT2D eigenvalue weighted by Gasteiger charge is 2.18. The number of nitrogens with zero attached hydrogens (tertiary/aromatic N) is 3. The van der Waals surface area contributed by atoms with Crippen molar-refractivity contribution in [3.05, 3.63) is 0 Å². The molecule has 4 radical (unpaired) electrons. The van der Waals surface area contributed by atoms with E-state index >= 15 is 0 Å². The molecule has 0 fully saturated rings. The minimum atomic E-state index is -0.451. The molecule has 0 spiro atoms. The Hall–Kier alpha value is -2.89. The third-order valence-electron chi connectivity index (χ3n) is 4.83. The second-order valence-corrected chi connectivity index (χ2v) is 7.71. The van der Waals surface area contributed by atoms with Gasteiger partial charge in [0.15, 0.2) is 0 Å². The number of carbonyl (C=O) groups is 6. The van der Waals surface area contributed by atoms with E-state index in [-0.39, 0.29) is 82.5 Å². The van der Waals surface area contributed by atoms with Crippen molar-refractivity contribution in [1.82, 2.24) is 30.7 Å². The van der Waals surface area contributed by atoms with E-state index in [1.165, 1.54) is 21.6 Å². The predicted octanol–water partition coefficient (Wildman–Crippen LogP) is -2.90. The van der Waals surface area contributed by atoms with Crippen LogP contribution in [0.5, 0.6) is 0 Å². The Morgan fingerprint density at radius 3 is 1.43 bits per heavy atom. The third-order valence-corrected chi connectivity index (χ3v) is 4.83. The smallest absolute Gasteiger partial charge is 0.239 e. The van der Waals surface area contributed by atoms with Gasteiger partial charge in [-0.2, -0.15) is 0 Å². The van der Waals surface area contributed by atoms with Crippen molar-refractivity contribution < 1.29 is 28.8 Å². The van der Waals surface area contributed by atoms with Gasteiger partial charge in [-0.15, -0.1) is 0 Å². The first-order valence-corrected chi connectivity index (χ1v) is 11.5. The fourth-order valence-electron chi connectivity index (χ4n) is 2.99. The molecule has 192 valence electrons. The summed E-state index contributed by atoms with van der Waals surface area (Å²) in [5.41, 5.74) is 0. The van der Waals surface area contributed by atoms with Crippen molar-refractivity contribution in [3.8, 4) is 0 Å². The average molecular weight is 490 g/mol. The summed E-state index contributed by atoms with van der Waals surface area (Å²) in [4.78, 5) is 75.6. The number of carbonyl (C=O) groups excluding carboxylic acids is 6. The molecule has 5 amide bonds. The van der Waals surface area contributed by atoms with Crippen LogP contribution in [0.25, 0.3) is 0 Å². The van der Waals surface area contributed by atoms with Crippen LogP contribution in [0, 0.1) is 0 Å². The predicted molar refractivity (Wildman–Crippen MR) is 132 cm³/mol. The number of hydrogen-bond donors (Lipinski definition) is 3. The maximum atomic E-state index is 12.3. The highest BCUT2D eigenvalue weighted by atomic mass is 16.2. The second-order valence-electron chi connectivity index (χ2n) is 7.71. The average Bonchev–Trinajstić information content (AvgIpc) is 2.83.